The molecule has 1 aromatic carbocycles. The Morgan fingerprint density at radius 2 is 1.80 bits per heavy atom. The molecule has 0 aliphatic heterocycles. The molecular formula is C16H16O4. The van der Waals surface area contributed by atoms with E-state index in [1.165, 1.54) is 13.2 Å². The van der Waals surface area contributed by atoms with Gasteiger partial charge >= 0.3 is 5.97 Å². The number of para-hydroxylation sites is 1. The number of carbonyl (C=O) groups is 1. The molecule has 0 atom stereocenters. The van der Waals surface area contributed by atoms with E-state index >= 15 is 0 Å². The van der Waals surface area contributed by atoms with Crippen LogP contribution in [0.15, 0.2) is 65.7 Å². The van der Waals surface area contributed by atoms with Crippen LogP contribution < -0.4 is 4.74 Å². The quantitative estimate of drug-likeness (QED) is 0.913. The Balaban J connectivity index is 2.29. The zero-order valence-corrected chi connectivity index (χ0v) is 11.2. The predicted octanol–water partition coefficient (Wildman–Crippen LogP) is 3.28. The summed E-state index contributed by atoms with van der Waals surface area (Å²) in [7, 11) is 1.50. The fourth-order valence-corrected chi connectivity index (χ4v) is 1.84. The molecule has 0 heterocycles. The van der Waals surface area contributed by atoms with Gasteiger partial charge in [-0.15, -0.1) is 0 Å². The van der Waals surface area contributed by atoms with Crippen LogP contribution >= 0.6 is 0 Å². The molecule has 0 saturated heterocycles. The predicted molar refractivity (Wildman–Crippen MR) is 75.2 cm³/mol. The topological polar surface area (TPSA) is 55.8 Å². The number of methoxy groups -OCH3 is 1. The molecule has 0 radical (unpaired) electrons. The highest BCUT2D eigenvalue weighted by Crippen LogP contribution is 2.23. The zero-order valence-electron chi connectivity index (χ0n) is 11.2. The Labute approximate surface area is 117 Å². The van der Waals surface area contributed by atoms with Crippen LogP contribution in [0, 0.1) is 0 Å². The molecule has 1 aromatic rings. The van der Waals surface area contributed by atoms with Crippen LogP contribution in [0.3, 0.4) is 0 Å². The lowest BCUT2D eigenvalue weighted by atomic mass is 10.1. The Morgan fingerprint density at radius 1 is 1.10 bits per heavy atom. The average molecular weight is 272 g/mol. The van der Waals surface area contributed by atoms with Gasteiger partial charge in [0.25, 0.3) is 0 Å². The van der Waals surface area contributed by atoms with Gasteiger partial charge in [0, 0.05) is 0 Å². The van der Waals surface area contributed by atoms with Crippen molar-refractivity contribution in [2.45, 2.75) is 12.8 Å². The van der Waals surface area contributed by atoms with Crippen molar-refractivity contribution in [2.24, 2.45) is 0 Å². The summed E-state index contributed by atoms with van der Waals surface area (Å²) < 4.78 is 11.0. The van der Waals surface area contributed by atoms with Crippen LogP contribution in [0.5, 0.6) is 5.75 Å². The van der Waals surface area contributed by atoms with Crippen LogP contribution in [0.4, 0.5) is 0 Å². The van der Waals surface area contributed by atoms with Crippen LogP contribution in [0.1, 0.15) is 12.8 Å². The van der Waals surface area contributed by atoms with Gasteiger partial charge in [0.15, 0.2) is 11.5 Å². The maximum Gasteiger partial charge on any atom is 0.335 e. The number of carboxylic acids is 1. The van der Waals surface area contributed by atoms with E-state index in [9.17, 15) is 4.79 Å². The van der Waals surface area contributed by atoms with E-state index < -0.39 is 5.97 Å². The van der Waals surface area contributed by atoms with Crippen LogP contribution in [-0.4, -0.2) is 18.2 Å². The second kappa shape index (κ2) is 6.61. The highest BCUT2D eigenvalue weighted by atomic mass is 16.5. The van der Waals surface area contributed by atoms with Gasteiger partial charge in [0.05, 0.1) is 12.7 Å². The third-order valence-electron chi connectivity index (χ3n) is 2.83. The molecule has 4 heteroatoms. The molecule has 0 spiro atoms. The third-order valence-corrected chi connectivity index (χ3v) is 2.83. The lowest BCUT2D eigenvalue weighted by molar-refractivity contribution is -0.132. The number of benzene rings is 1. The van der Waals surface area contributed by atoms with E-state index in [1.807, 2.05) is 36.4 Å². The molecule has 104 valence electrons. The third kappa shape index (κ3) is 3.51. The summed E-state index contributed by atoms with van der Waals surface area (Å²) in [6, 6.07) is 9.31. The molecule has 2 rings (SSSR count). The van der Waals surface area contributed by atoms with Crippen LogP contribution in [0.25, 0.3) is 0 Å². The van der Waals surface area contributed by atoms with E-state index in [4.69, 9.17) is 14.6 Å². The molecule has 20 heavy (non-hydrogen) atoms. The molecule has 0 fully saturated rings. The smallest absolute Gasteiger partial charge is 0.335 e. The van der Waals surface area contributed by atoms with Crippen molar-refractivity contribution in [1.82, 2.24) is 0 Å². The number of hydrogen-bond donors (Lipinski definition) is 1. The lowest BCUT2D eigenvalue weighted by Crippen LogP contribution is -2.06. The molecular weight excluding hydrogens is 256 g/mol. The van der Waals surface area contributed by atoms with Crippen molar-refractivity contribution in [1.29, 1.82) is 0 Å². The van der Waals surface area contributed by atoms with E-state index in [0.717, 1.165) is 0 Å². The van der Waals surface area contributed by atoms with E-state index in [0.29, 0.717) is 30.1 Å². The Morgan fingerprint density at radius 3 is 2.45 bits per heavy atom. The van der Waals surface area contributed by atoms with Gasteiger partial charge in [-0.05, 0) is 37.1 Å². The normalized spacial score (nSPS) is 17.8. The Bertz CT molecular complexity index is 567. The fraction of sp³-hybridized carbons (Fsp3) is 0.188. The van der Waals surface area contributed by atoms with Crippen molar-refractivity contribution >= 4 is 5.97 Å². The largest absolute Gasteiger partial charge is 0.493 e. The monoisotopic (exact) mass is 272 g/mol. The summed E-state index contributed by atoms with van der Waals surface area (Å²) in [5.41, 5.74) is 0.212. The average Bonchev–Trinajstić information content (AvgIpc) is 2.43. The first-order valence-electron chi connectivity index (χ1n) is 6.33. The Hall–Kier alpha value is -2.49. The van der Waals surface area contributed by atoms with Gasteiger partial charge in [-0.1, -0.05) is 24.3 Å². The maximum absolute atomic E-state index is 11.1. The molecule has 1 aliphatic rings. The standard InChI is InChI=1S/C16H16O4/c1-19-15-11-12(16(17)18)7-5-6-10-14(15)20-13-8-3-2-4-9-13/h2-4,7-11H,5-6H2,1H3,(H,17,18)/b12-7+,14-10?,15-11?. The van der Waals surface area contributed by atoms with Crippen LogP contribution in [0.2, 0.25) is 0 Å². The van der Waals surface area contributed by atoms with E-state index in [2.05, 4.69) is 0 Å². The first kappa shape index (κ1) is 13.9. The molecule has 0 saturated carbocycles. The van der Waals surface area contributed by atoms with Gasteiger partial charge < -0.3 is 14.6 Å². The number of hydrogen-bond acceptors (Lipinski definition) is 3. The second-order valence-electron chi connectivity index (χ2n) is 4.24. The van der Waals surface area contributed by atoms with E-state index in [1.54, 1.807) is 6.08 Å². The summed E-state index contributed by atoms with van der Waals surface area (Å²) in [4.78, 5) is 11.1. The molecule has 0 bridgehead atoms. The number of carboxylic acid groups (broad SMARTS) is 1. The summed E-state index contributed by atoms with van der Waals surface area (Å²) in [6.45, 7) is 0. The van der Waals surface area contributed by atoms with Gasteiger partial charge in [-0.25, -0.2) is 4.79 Å². The molecule has 1 aliphatic carbocycles. The van der Waals surface area contributed by atoms with Crippen LogP contribution in [-0.2, 0) is 9.53 Å². The summed E-state index contributed by atoms with van der Waals surface area (Å²) >= 11 is 0. The lowest BCUT2D eigenvalue weighted by Gasteiger charge is -2.14. The van der Waals surface area contributed by atoms with Gasteiger partial charge in [-0.3, -0.25) is 0 Å². The highest BCUT2D eigenvalue weighted by molar-refractivity contribution is 5.90. The number of aliphatic carboxylic acids is 1. The number of ether oxygens (including phenoxy) is 2. The van der Waals surface area contributed by atoms with Gasteiger partial charge in [0.1, 0.15) is 5.75 Å². The molecule has 4 nitrogen and oxygen atoms in total. The zero-order chi connectivity index (χ0) is 14.4. The summed E-state index contributed by atoms with van der Waals surface area (Å²) in [6.07, 6.45) is 6.40. The number of allylic oxidation sites excluding steroid dienone is 2. The first-order valence-corrected chi connectivity index (χ1v) is 6.33. The molecule has 0 unspecified atom stereocenters. The van der Waals surface area contributed by atoms with E-state index in [-0.39, 0.29) is 5.57 Å². The SMILES string of the molecule is COC1=C/C(C(=O)O)=C\CCC=C1Oc1ccccc1. The Kier molecular flexibility index (Phi) is 4.60. The molecule has 0 aromatic heterocycles. The minimum Gasteiger partial charge on any atom is -0.493 e. The second-order valence-corrected chi connectivity index (χ2v) is 4.24. The number of rotatable bonds is 4. The van der Waals surface area contributed by atoms with Crippen molar-refractivity contribution in [3.8, 4) is 5.75 Å². The fourth-order valence-electron chi connectivity index (χ4n) is 1.84. The van der Waals surface area contributed by atoms with Crippen molar-refractivity contribution in [3.63, 3.8) is 0 Å². The minimum absolute atomic E-state index is 0.212. The highest BCUT2D eigenvalue weighted by Gasteiger charge is 2.14. The molecule has 1 N–H and O–H groups in total. The minimum atomic E-state index is -0.972. The van der Waals surface area contributed by atoms with Crippen molar-refractivity contribution in [2.75, 3.05) is 7.11 Å². The van der Waals surface area contributed by atoms with Crippen molar-refractivity contribution in [3.05, 3.63) is 65.7 Å². The maximum atomic E-state index is 11.1. The van der Waals surface area contributed by atoms with Gasteiger partial charge in [-0.2, -0.15) is 0 Å². The summed E-state index contributed by atoms with van der Waals surface area (Å²) in [5.74, 6) is 0.649. The molecule has 0 amide bonds. The first-order chi connectivity index (χ1) is 9.70. The summed E-state index contributed by atoms with van der Waals surface area (Å²) in [5, 5.41) is 9.12. The van der Waals surface area contributed by atoms with Gasteiger partial charge in [0.2, 0.25) is 0 Å². The van der Waals surface area contributed by atoms with Crippen molar-refractivity contribution < 1.29 is 19.4 Å².